The van der Waals surface area contributed by atoms with Crippen LogP contribution in [0.4, 0.5) is 5.82 Å². The minimum atomic E-state index is -1.40. The number of primary amides is 1. The van der Waals surface area contributed by atoms with Crippen LogP contribution in [0.1, 0.15) is 22.4 Å². The molecule has 0 aromatic carbocycles. The molecule has 0 bridgehead atoms. The molecule has 1 fully saturated rings. The summed E-state index contributed by atoms with van der Waals surface area (Å²) in [6.45, 7) is -0.517. The van der Waals surface area contributed by atoms with Gasteiger partial charge in [-0.3, -0.25) is 4.79 Å². The number of anilines is 1. The van der Waals surface area contributed by atoms with Crippen LogP contribution >= 0.6 is 0 Å². The molecule has 11 heteroatoms. The standard InChI is InChI=1S/C13H14N6O5/c14-1-6-17-10(15)7-4(11(16)23)2-19(12(7)18-6)13-9(22)8(21)5(3-20)24-13/h2,5,8-9,13,20-22H,3H2,(H2,16,23)(H2,15,17,18)/t5-,8-,9-,13-/m1/s1. The van der Waals surface area contributed by atoms with Crippen molar-refractivity contribution in [2.75, 3.05) is 12.3 Å². The van der Waals surface area contributed by atoms with Gasteiger partial charge in [-0.05, 0) is 0 Å². The smallest absolute Gasteiger partial charge is 0.251 e. The van der Waals surface area contributed by atoms with E-state index in [-0.39, 0.29) is 28.2 Å². The number of hydrogen-bond donors (Lipinski definition) is 5. The molecular weight excluding hydrogens is 320 g/mol. The zero-order valence-corrected chi connectivity index (χ0v) is 12.2. The third-order valence-electron chi connectivity index (χ3n) is 3.86. The number of carbonyl (C=O) groups excluding carboxylic acids is 1. The molecule has 0 aliphatic carbocycles. The Kier molecular flexibility index (Phi) is 3.82. The number of fused-ring (bicyclic) bond motifs is 1. The van der Waals surface area contributed by atoms with Gasteiger partial charge in [0.1, 0.15) is 35.8 Å². The van der Waals surface area contributed by atoms with Crippen molar-refractivity contribution in [2.45, 2.75) is 24.5 Å². The number of amides is 1. The predicted octanol–water partition coefficient (Wildman–Crippen LogP) is -2.40. The summed E-state index contributed by atoms with van der Waals surface area (Å²) in [5.74, 6) is -1.19. The third kappa shape index (κ3) is 2.25. The van der Waals surface area contributed by atoms with Crippen LogP contribution < -0.4 is 11.5 Å². The molecule has 0 radical (unpaired) electrons. The van der Waals surface area contributed by atoms with Crippen LogP contribution in [0.2, 0.25) is 0 Å². The first-order valence-corrected chi connectivity index (χ1v) is 6.89. The lowest BCUT2D eigenvalue weighted by Crippen LogP contribution is -2.33. The first-order valence-electron chi connectivity index (χ1n) is 6.89. The number of aliphatic hydroxyl groups is 3. The number of nitrogens with two attached hydrogens (primary N) is 2. The molecule has 4 atom stereocenters. The highest BCUT2D eigenvalue weighted by Crippen LogP contribution is 2.34. The van der Waals surface area contributed by atoms with Crippen molar-refractivity contribution in [1.29, 1.82) is 5.26 Å². The largest absolute Gasteiger partial charge is 0.394 e. The lowest BCUT2D eigenvalue weighted by Gasteiger charge is -2.17. The normalized spacial score (nSPS) is 26.6. The lowest BCUT2D eigenvalue weighted by molar-refractivity contribution is -0.0509. The number of aromatic nitrogens is 3. The second kappa shape index (κ2) is 5.69. The number of nitrogens with zero attached hydrogens (tertiary/aromatic N) is 4. The highest BCUT2D eigenvalue weighted by atomic mass is 16.6. The fraction of sp³-hybridized carbons (Fsp3) is 0.385. The summed E-state index contributed by atoms with van der Waals surface area (Å²) < 4.78 is 6.65. The zero-order valence-electron chi connectivity index (χ0n) is 12.2. The molecule has 3 rings (SSSR count). The SMILES string of the molecule is N#Cc1nc(N)c2c(C(N)=O)cn([C@@H]3O[C@H](CO)[C@@H](O)[C@H]3O)c2n1. The van der Waals surface area contributed by atoms with E-state index in [1.165, 1.54) is 10.8 Å². The van der Waals surface area contributed by atoms with Gasteiger partial charge in [0.2, 0.25) is 5.82 Å². The van der Waals surface area contributed by atoms with Gasteiger partial charge in [0.25, 0.3) is 5.91 Å². The number of aliphatic hydroxyl groups excluding tert-OH is 3. The maximum Gasteiger partial charge on any atom is 0.251 e. The Balaban J connectivity index is 2.23. The second-order valence-electron chi connectivity index (χ2n) is 5.29. The molecule has 2 aromatic heterocycles. The molecule has 24 heavy (non-hydrogen) atoms. The second-order valence-corrected chi connectivity index (χ2v) is 5.29. The van der Waals surface area contributed by atoms with Gasteiger partial charge < -0.3 is 36.1 Å². The zero-order chi connectivity index (χ0) is 17.6. The van der Waals surface area contributed by atoms with Gasteiger partial charge in [-0.15, -0.1) is 0 Å². The van der Waals surface area contributed by atoms with Gasteiger partial charge >= 0.3 is 0 Å². The van der Waals surface area contributed by atoms with Crippen molar-refractivity contribution in [1.82, 2.24) is 14.5 Å². The molecule has 3 heterocycles. The molecule has 126 valence electrons. The van der Waals surface area contributed by atoms with Crippen LogP contribution in [-0.2, 0) is 4.74 Å². The minimum Gasteiger partial charge on any atom is -0.394 e. The Morgan fingerprint density at radius 1 is 1.42 bits per heavy atom. The molecule has 0 unspecified atom stereocenters. The van der Waals surface area contributed by atoms with Crippen LogP contribution in [0.3, 0.4) is 0 Å². The van der Waals surface area contributed by atoms with Crippen LogP contribution in [0.5, 0.6) is 0 Å². The molecule has 2 aromatic rings. The van der Waals surface area contributed by atoms with Gasteiger partial charge in [0, 0.05) is 6.20 Å². The van der Waals surface area contributed by atoms with E-state index in [1.807, 2.05) is 0 Å². The van der Waals surface area contributed by atoms with Gasteiger partial charge in [-0.1, -0.05) is 0 Å². The Hall–Kier alpha value is -2.78. The van der Waals surface area contributed by atoms with Crippen LogP contribution in [0, 0.1) is 11.3 Å². The van der Waals surface area contributed by atoms with E-state index in [4.69, 9.17) is 21.5 Å². The fourth-order valence-corrected chi connectivity index (χ4v) is 2.72. The molecule has 7 N–H and O–H groups in total. The Morgan fingerprint density at radius 3 is 2.67 bits per heavy atom. The van der Waals surface area contributed by atoms with Crippen molar-refractivity contribution in [3.8, 4) is 6.07 Å². The topological polar surface area (TPSA) is 194 Å². The number of carbonyl (C=O) groups is 1. The summed E-state index contributed by atoms with van der Waals surface area (Å²) >= 11 is 0. The highest BCUT2D eigenvalue weighted by molar-refractivity contribution is 6.09. The van der Waals surface area contributed by atoms with E-state index < -0.39 is 37.1 Å². The van der Waals surface area contributed by atoms with Crippen molar-refractivity contribution >= 4 is 22.8 Å². The van der Waals surface area contributed by atoms with Crippen LogP contribution in [0.25, 0.3) is 11.0 Å². The van der Waals surface area contributed by atoms with Crippen molar-refractivity contribution in [2.24, 2.45) is 5.73 Å². The first kappa shape index (κ1) is 16.1. The molecule has 1 amide bonds. The Bertz CT molecular complexity index is 859. The van der Waals surface area contributed by atoms with E-state index in [1.54, 1.807) is 6.07 Å². The molecule has 0 saturated carbocycles. The summed E-state index contributed by atoms with van der Waals surface area (Å²) in [5, 5.41) is 38.3. The average molecular weight is 334 g/mol. The van der Waals surface area contributed by atoms with Gasteiger partial charge in [0.05, 0.1) is 17.6 Å². The molecule has 1 aliphatic heterocycles. The Morgan fingerprint density at radius 2 is 2.12 bits per heavy atom. The number of rotatable bonds is 3. The van der Waals surface area contributed by atoms with Gasteiger partial charge in [-0.25, -0.2) is 9.97 Å². The van der Waals surface area contributed by atoms with E-state index in [9.17, 15) is 20.1 Å². The first-order chi connectivity index (χ1) is 11.4. The number of nitrogen functional groups attached to an aromatic ring is 1. The molecule has 0 spiro atoms. The molecule has 1 saturated heterocycles. The number of ether oxygens (including phenoxy) is 1. The van der Waals surface area contributed by atoms with E-state index >= 15 is 0 Å². The van der Waals surface area contributed by atoms with E-state index in [0.717, 1.165) is 0 Å². The summed E-state index contributed by atoms with van der Waals surface area (Å²) in [4.78, 5) is 19.4. The van der Waals surface area contributed by atoms with Gasteiger partial charge in [0.15, 0.2) is 6.23 Å². The summed E-state index contributed by atoms with van der Waals surface area (Å²) in [6.07, 6.45) is -3.67. The fourth-order valence-electron chi connectivity index (χ4n) is 2.72. The van der Waals surface area contributed by atoms with E-state index in [0.29, 0.717) is 0 Å². The predicted molar refractivity (Wildman–Crippen MR) is 78.2 cm³/mol. The molecule has 11 nitrogen and oxygen atoms in total. The van der Waals surface area contributed by atoms with Crippen molar-refractivity contribution in [3.05, 3.63) is 17.6 Å². The Labute approximate surface area is 134 Å². The third-order valence-corrected chi connectivity index (χ3v) is 3.86. The lowest BCUT2D eigenvalue weighted by atomic mass is 10.1. The maximum absolute atomic E-state index is 11.7. The molecular formula is C13H14N6O5. The minimum absolute atomic E-state index is 0.0234. The number of hydrogen-bond acceptors (Lipinski definition) is 9. The van der Waals surface area contributed by atoms with Crippen LogP contribution in [-0.4, -0.2) is 60.7 Å². The molecule has 1 aliphatic rings. The summed E-state index contributed by atoms with van der Waals surface area (Å²) in [6, 6.07) is 1.73. The monoisotopic (exact) mass is 334 g/mol. The van der Waals surface area contributed by atoms with Crippen molar-refractivity contribution < 1.29 is 24.9 Å². The summed E-state index contributed by atoms with van der Waals surface area (Å²) in [7, 11) is 0. The summed E-state index contributed by atoms with van der Waals surface area (Å²) in [5.41, 5.74) is 11.1. The quantitative estimate of drug-likeness (QED) is 0.406. The van der Waals surface area contributed by atoms with Crippen molar-refractivity contribution in [3.63, 3.8) is 0 Å². The highest BCUT2D eigenvalue weighted by Gasteiger charge is 2.44. The van der Waals surface area contributed by atoms with Crippen LogP contribution in [0.15, 0.2) is 6.20 Å². The van der Waals surface area contributed by atoms with E-state index in [2.05, 4.69) is 9.97 Å². The maximum atomic E-state index is 11.7. The number of nitriles is 1. The van der Waals surface area contributed by atoms with Gasteiger partial charge in [-0.2, -0.15) is 5.26 Å². The average Bonchev–Trinajstić information content (AvgIpc) is 3.07.